The largest absolute Gasteiger partial charge is 0.352 e. The Hall–Kier alpha value is -1.32. The number of carbonyl (C=O) groups is 1. The van der Waals surface area contributed by atoms with Gasteiger partial charge in [-0.15, -0.1) is 0 Å². The molecule has 1 rings (SSSR count). The van der Waals surface area contributed by atoms with Crippen LogP contribution in [0.1, 0.15) is 33.0 Å². The summed E-state index contributed by atoms with van der Waals surface area (Å²) in [7, 11) is 0. The molecule has 0 aliphatic heterocycles. The van der Waals surface area contributed by atoms with E-state index in [9.17, 15) is 4.79 Å². The van der Waals surface area contributed by atoms with Crippen molar-refractivity contribution in [2.75, 3.05) is 0 Å². The molecule has 1 N–H and O–H groups in total. The molecule has 0 saturated carbocycles. The third-order valence-corrected chi connectivity index (χ3v) is 2.04. The summed E-state index contributed by atoms with van der Waals surface area (Å²) in [5.41, 5.74) is 0. The van der Waals surface area contributed by atoms with E-state index in [1.165, 1.54) is 0 Å². The van der Waals surface area contributed by atoms with Crippen LogP contribution in [0.15, 0.2) is 12.4 Å². The highest BCUT2D eigenvalue weighted by atomic mass is 16.2. The second-order valence-corrected chi connectivity index (χ2v) is 3.94. The lowest BCUT2D eigenvalue weighted by Gasteiger charge is -2.10. The molecule has 0 aliphatic carbocycles. The Morgan fingerprint density at radius 3 is 2.93 bits per heavy atom. The van der Waals surface area contributed by atoms with Gasteiger partial charge >= 0.3 is 0 Å². The number of imidazole rings is 1. The zero-order valence-corrected chi connectivity index (χ0v) is 9.66. The number of carbonyl (C=O) groups excluding carboxylic acids is 1. The van der Waals surface area contributed by atoms with E-state index in [0.29, 0.717) is 6.54 Å². The fourth-order valence-corrected chi connectivity index (χ4v) is 1.46. The summed E-state index contributed by atoms with van der Waals surface area (Å²) in [6.45, 7) is 6.39. The minimum absolute atomic E-state index is 0.0420. The first-order valence-corrected chi connectivity index (χ1v) is 5.42. The van der Waals surface area contributed by atoms with Crippen LogP contribution in [0.3, 0.4) is 0 Å². The van der Waals surface area contributed by atoms with Crippen molar-refractivity contribution >= 4 is 5.91 Å². The monoisotopic (exact) mass is 209 g/mol. The van der Waals surface area contributed by atoms with E-state index in [2.05, 4.69) is 17.2 Å². The lowest BCUT2D eigenvalue weighted by atomic mass is 10.3. The molecule has 15 heavy (non-hydrogen) atoms. The number of nitrogens with zero attached hydrogens (tertiary/aromatic N) is 2. The molecule has 1 heterocycles. The first-order chi connectivity index (χ1) is 7.13. The van der Waals surface area contributed by atoms with Gasteiger partial charge in [-0.3, -0.25) is 4.79 Å². The smallest absolute Gasteiger partial charge is 0.240 e. The second-order valence-electron chi connectivity index (χ2n) is 3.94. The normalized spacial score (nSPS) is 10.7. The molecule has 1 amide bonds. The van der Waals surface area contributed by atoms with Crippen molar-refractivity contribution in [2.45, 2.75) is 46.2 Å². The summed E-state index contributed by atoms with van der Waals surface area (Å²) >= 11 is 0. The predicted octanol–water partition coefficient (Wildman–Crippen LogP) is 1.36. The van der Waals surface area contributed by atoms with E-state index >= 15 is 0 Å². The fourth-order valence-electron chi connectivity index (χ4n) is 1.46. The highest BCUT2D eigenvalue weighted by Gasteiger charge is 2.07. The number of hydrogen-bond donors (Lipinski definition) is 1. The number of amides is 1. The molecule has 0 bridgehead atoms. The van der Waals surface area contributed by atoms with Gasteiger partial charge in [-0.05, 0) is 20.3 Å². The third kappa shape index (κ3) is 3.73. The number of nitrogens with one attached hydrogen (secondary N) is 1. The van der Waals surface area contributed by atoms with Crippen LogP contribution in [0.5, 0.6) is 0 Å². The first kappa shape index (κ1) is 11.8. The van der Waals surface area contributed by atoms with Crippen molar-refractivity contribution in [3.05, 3.63) is 18.2 Å². The summed E-state index contributed by atoms with van der Waals surface area (Å²) in [5.74, 6) is 1.02. The van der Waals surface area contributed by atoms with Crippen molar-refractivity contribution in [3.8, 4) is 0 Å². The van der Waals surface area contributed by atoms with Crippen molar-refractivity contribution in [3.63, 3.8) is 0 Å². The Morgan fingerprint density at radius 1 is 1.60 bits per heavy atom. The van der Waals surface area contributed by atoms with Crippen molar-refractivity contribution in [2.24, 2.45) is 0 Å². The van der Waals surface area contributed by atoms with Crippen LogP contribution < -0.4 is 5.32 Å². The summed E-state index contributed by atoms with van der Waals surface area (Å²) in [6, 6.07) is 0.190. The molecule has 4 nitrogen and oxygen atoms in total. The van der Waals surface area contributed by atoms with Crippen LogP contribution in [0.25, 0.3) is 0 Å². The molecular formula is C11H19N3O. The SMILES string of the molecule is CCCc1nccn1CC(=O)NC(C)C. The number of aromatic nitrogens is 2. The molecule has 0 unspecified atom stereocenters. The van der Waals surface area contributed by atoms with Gasteiger partial charge in [0.1, 0.15) is 12.4 Å². The quantitative estimate of drug-likeness (QED) is 0.796. The molecule has 0 radical (unpaired) electrons. The predicted molar refractivity (Wildman–Crippen MR) is 59.5 cm³/mol. The fraction of sp³-hybridized carbons (Fsp3) is 0.636. The summed E-state index contributed by atoms with van der Waals surface area (Å²) in [5, 5.41) is 2.86. The Bertz CT molecular complexity index is 317. The van der Waals surface area contributed by atoms with Gasteiger partial charge < -0.3 is 9.88 Å². The van der Waals surface area contributed by atoms with Crippen LogP contribution in [0, 0.1) is 0 Å². The average molecular weight is 209 g/mol. The molecular weight excluding hydrogens is 190 g/mol. The van der Waals surface area contributed by atoms with Crippen LogP contribution in [-0.2, 0) is 17.8 Å². The van der Waals surface area contributed by atoms with Gasteiger partial charge in [0.2, 0.25) is 5.91 Å². The Balaban J connectivity index is 2.55. The van der Waals surface area contributed by atoms with Crippen LogP contribution in [-0.4, -0.2) is 21.5 Å². The van der Waals surface area contributed by atoms with Crippen LogP contribution >= 0.6 is 0 Å². The zero-order valence-electron chi connectivity index (χ0n) is 9.66. The lowest BCUT2D eigenvalue weighted by molar-refractivity contribution is -0.122. The molecule has 0 spiro atoms. The molecule has 0 aromatic carbocycles. The molecule has 0 saturated heterocycles. The van der Waals surface area contributed by atoms with E-state index in [1.54, 1.807) is 6.20 Å². The standard InChI is InChI=1S/C11H19N3O/c1-4-5-10-12-6-7-14(10)8-11(15)13-9(2)3/h6-7,9H,4-5,8H2,1-3H3,(H,13,15). The van der Waals surface area contributed by atoms with Gasteiger partial charge in [-0.1, -0.05) is 6.92 Å². The van der Waals surface area contributed by atoms with E-state index in [4.69, 9.17) is 0 Å². The van der Waals surface area contributed by atoms with Gasteiger partial charge in [0.25, 0.3) is 0 Å². The van der Waals surface area contributed by atoms with E-state index in [-0.39, 0.29) is 11.9 Å². The number of rotatable bonds is 5. The van der Waals surface area contributed by atoms with E-state index in [0.717, 1.165) is 18.7 Å². The van der Waals surface area contributed by atoms with Crippen molar-refractivity contribution < 1.29 is 4.79 Å². The second kappa shape index (κ2) is 5.53. The van der Waals surface area contributed by atoms with E-state index < -0.39 is 0 Å². The van der Waals surface area contributed by atoms with Crippen LogP contribution in [0.2, 0.25) is 0 Å². The Kier molecular flexibility index (Phi) is 4.34. The molecule has 0 aliphatic rings. The van der Waals surface area contributed by atoms with Gasteiger partial charge in [0, 0.05) is 24.9 Å². The average Bonchev–Trinajstić information content (AvgIpc) is 2.52. The summed E-state index contributed by atoms with van der Waals surface area (Å²) in [4.78, 5) is 15.7. The van der Waals surface area contributed by atoms with Crippen molar-refractivity contribution in [1.29, 1.82) is 0 Å². The van der Waals surface area contributed by atoms with Crippen LogP contribution in [0.4, 0.5) is 0 Å². The van der Waals surface area contributed by atoms with Gasteiger partial charge in [-0.2, -0.15) is 0 Å². The lowest BCUT2D eigenvalue weighted by Crippen LogP contribution is -2.33. The highest BCUT2D eigenvalue weighted by Crippen LogP contribution is 2.01. The minimum Gasteiger partial charge on any atom is -0.352 e. The maximum atomic E-state index is 11.5. The first-order valence-electron chi connectivity index (χ1n) is 5.42. The maximum absolute atomic E-state index is 11.5. The zero-order chi connectivity index (χ0) is 11.3. The van der Waals surface area contributed by atoms with Gasteiger partial charge in [0.15, 0.2) is 0 Å². The maximum Gasteiger partial charge on any atom is 0.240 e. The molecule has 1 aromatic heterocycles. The minimum atomic E-state index is 0.0420. The summed E-state index contributed by atoms with van der Waals surface area (Å²) < 4.78 is 1.90. The molecule has 4 heteroatoms. The van der Waals surface area contributed by atoms with Gasteiger partial charge in [-0.25, -0.2) is 4.98 Å². The number of aryl methyl sites for hydroxylation is 1. The number of hydrogen-bond acceptors (Lipinski definition) is 2. The van der Waals surface area contributed by atoms with Gasteiger partial charge in [0.05, 0.1) is 0 Å². The highest BCUT2D eigenvalue weighted by molar-refractivity contribution is 5.76. The van der Waals surface area contributed by atoms with Crippen molar-refractivity contribution in [1.82, 2.24) is 14.9 Å². The molecule has 1 aromatic rings. The van der Waals surface area contributed by atoms with E-state index in [1.807, 2.05) is 24.6 Å². The third-order valence-electron chi connectivity index (χ3n) is 2.04. The summed E-state index contributed by atoms with van der Waals surface area (Å²) in [6.07, 6.45) is 5.56. The Labute approximate surface area is 90.7 Å². The topological polar surface area (TPSA) is 46.9 Å². The molecule has 0 atom stereocenters. The molecule has 0 fully saturated rings. The molecule has 84 valence electrons. The Morgan fingerprint density at radius 2 is 2.33 bits per heavy atom.